The molecule has 0 N–H and O–H groups in total. The molecule has 0 bridgehead atoms. The normalized spacial score (nSPS) is 11.8. The highest BCUT2D eigenvalue weighted by Gasteiger charge is 2.16. The number of nitrogens with zero attached hydrogens (tertiary/aromatic N) is 2. The van der Waals surface area contributed by atoms with Crippen molar-refractivity contribution in [3.63, 3.8) is 0 Å². The van der Waals surface area contributed by atoms with E-state index in [0.717, 1.165) is 22.1 Å². The summed E-state index contributed by atoms with van der Waals surface area (Å²) in [4.78, 5) is 4.55. The van der Waals surface area contributed by atoms with Crippen LogP contribution in [0.4, 0.5) is 0 Å². The molecule has 0 aliphatic heterocycles. The van der Waals surface area contributed by atoms with Gasteiger partial charge in [0.2, 0.25) is 0 Å². The monoisotopic (exact) mass is 438 g/mol. The minimum Gasteiger partial charge on any atom is -0.454 e. The molecule has 3 heteroatoms. The molecule has 0 saturated carbocycles. The van der Waals surface area contributed by atoms with Gasteiger partial charge in [-0.3, -0.25) is 4.98 Å². The second-order valence-corrected chi connectivity index (χ2v) is 8.99. The van der Waals surface area contributed by atoms with Crippen LogP contribution in [0, 0.1) is 13.8 Å². The first-order chi connectivity index (χ1) is 16.7. The van der Waals surface area contributed by atoms with E-state index in [4.69, 9.17) is 4.42 Å². The number of pyridine rings is 1. The van der Waals surface area contributed by atoms with E-state index in [9.17, 15) is 0 Å². The van der Waals surface area contributed by atoms with E-state index in [-0.39, 0.29) is 0 Å². The Bertz CT molecular complexity index is 1830. The van der Waals surface area contributed by atoms with E-state index in [1.807, 2.05) is 18.3 Å². The molecule has 0 atom stereocenters. The molecule has 0 spiro atoms. The molecule has 0 saturated heterocycles. The van der Waals surface area contributed by atoms with Crippen molar-refractivity contribution in [2.75, 3.05) is 0 Å². The average molecular weight is 439 g/mol. The number of fused-ring (bicyclic) bond motifs is 6. The quantitative estimate of drug-likeness (QED) is 0.271. The van der Waals surface area contributed by atoms with Gasteiger partial charge in [-0.05, 0) is 84.6 Å². The molecular weight excluding hydrogens is 416 g/mol. The van der Waals surface area contributed by atoms with Gasteiger partial charge in [-0.25, -0.2) is 0 Å². The molecule has 7 aromatic rings. The molecule has 0 aliphatic carbocycles. The van der Waals surface area contributed by atoms with Crippen LogP contribution in [0.3, 0.4) is 0 Å². The summed E-state index contributed by atoms with van der Waals surface area (Å²) in [5.41, 5.74) is 11.2. The molecule has 162 valence electrons. The lowest BCUT2D eigenvalue weighted by Crippen LogP contribution is -1.99. The molecule has 0 fully saturated rings. The van der Waals surface area contributed by atoms with Gasteiger partial charge in [0.25, 0.3) is 0 Å². The highest BCUT2D eigenvalue weighted by atomic mass is 16.3. The number of para-hydroxylation sites is 2. The van der Waals surface area contributed by atoms with Crippen LogP contribution in [0.2, 0.25) is 0 Å². The van der Waals surface area contributed by atoms with Crippen LogP contribution in [0.15, 0.2) is 102 Å². The number of furan rings is 1. The molecule has 7 rings (SSSR count). The number of hydrogen-bond donors (Lipinski definition) is 0. The Morgan fingerprint density at radius 3 is 2.15 bits per heavy atom. The summed E-state index contributed by atoms with van der Waals surface area (Å²) in [5.74, 6) is 0. The standard InChI is InChI=1S/C31H22N2O/c1-19-17-28(33-26-10-5-3-8-22(26)23-9-4-6-11-27(23)33)20(2)16-24(19)21-13-14-29-25(18-21)31-30(34-29)12-7-15-32-31/h3-18H,1-2H3. The zero-order valence-corrected chi connectivity index (χ0v) is 19.0. The SMILES string of the molecule is Cc1cc(-n2c3ccccc3c3ccccc32)c(C)cc1-c1ccc2oc3cccnc3c2c1. The van der Waals surface area contributed by atoms with Gasteiger partial charge in [0.05, 0.1) is 11.0 Å². The van der Waals surface area contributed by atoms with E-state index >= 15 is 0 Å². The Morgan fingerprint density at radius 1 is 0.647 bits per heavy atom. The van der Waals surface area contributed by atoms with E-state index < -0.39 is 0 Å². The number of aryl methyl sites for hydroxylation is 2. The third kappa shape index (κ3) is 2.67. The van der Waals surface area contributed by atoms with Gasteiger partial charge in [0, 0.05) is 28.0 Å². The summed E-state index contributed by atoms with van der Waals surface area (Å²) in [7, 11) is 0. The highest BCUT2D eigenvalue weighted by molar-refractivity contribution is 6.09. The smallest absolute Gasteiger partial charge is 0.153 e. The molecular formula is C31H22N2O. The van der Waals surface area contributed by atoms with Crippen LogP contribution in [-0.4, -0.2) is 9.55 Å². The molecule has 0 radical (unpaired) electrons. The van der Waals surface area contributed by atoms with Crippen LogP contribution in [0.25, 0.3) is 60.7 Å². The summed E-state index contributed by atoms with van der Waals surface area (Å²) in [6, 6.07) is 32.2. The van der Waals surface area contributed by atoms with E-state index in [1.165, 1.54) is 49.7 Å². The number of benzene rings is 4. The highest BCUT2D eigenvalue weighted by Crippen LogP contribution is 2.37. The first-order valence-corrected chi connectivity index (χ1v) is 11.6. The molecule has 3 heterocycles. The fourth-order valence-corrected chi connectivity index (χ4v) is 5.30. The minimum atomic E-state index is 0.823. The number of hydrogen-bond acceptors (Lipinski definition) is 2. The second-order valence-electron chi connectivity index (χ2n) is 8.99. The van der Waals surface area contributed by atoms with Crippen molar-refractivity contribution in [2.24, 2.45) is 0 Å². The van der Waals surface area contributed by atoms with Crippen LogP contribution < -0.4 is 0 Å². The Labute approximate surface area is 196 Å². The predicted molar refractivity (Wildman–Crippen MR) is 141 cm³/mol. The zero-order chi connectivity index (χ0) is 22.8. The Kier molecular flexibility index (Phi) is 3.97. The van der Waals surface area contributed by atoms with Crippen LogP contribution in [0.1, 0.15) is 11.1 Å². The number of aromatic nitrogens is 2. The lowest BCUT2D eigenvalue weighted by Gasteiger charge is -2.16. The maximum atomic E-state index is 5.98. The van der Waals surface area contributed by atoms with Crippen LogP contribution in [0.5, 0.6) is 0 Å². The van der Waals surface area contributed by atoms with E-state index in [0.29, 0.717) is 0 Å². The van der Waals surface area contributed by atoms with Gasteiger partial charge in [-0.15, -0.1) is 0 Å². The maximum absolute atomic E-state index is 5.98. The van der Waals surface area contributed by atoms with Crippen molar-refractivity contribution in [3.05, 3.63) is 108 Å². The minimum absolute atomic E-state index is 0.823. The molecule has 4 aromatic carbocycles. The molecule has 0 unspecified atom stereocenters. The van der Waals surface area contributed by atoms with E-state index in [1.54, 1.807) is 0 Å². The first kappa shape index (κ1) is 19.1. The Hall–Kier alpha value is -4.37. The van der Waals surface area contributed by atoms with Crippen LogP contribution in [-0.2, 0) is 0 Å². The summed E-state index contributed by atoms with van der Waals surface area (Å²) >= 11 is 0. The fraction of sp³-hybridized carbons (Fsp3) is 0.0645. The van der Waals surface area contributed by atoms with Gasteiger partial charge in [-0.2, -0.15) is 0 Å². The Balaban J connectivity index is 1.45. The Morgan fingerprint density at radius 2 is 1.38 bits per heavy atom. The van der Waals surface area contributed by atoms with Crippen molar-refractivity contribution in [2.45, 2.75) is 13.8 Å². The largest absolute Gasteiger partial charge is 0.454 e. The lowest BCUT2D eigenvalue weighted by molar-refractivity contribution is 0.668. The lowest BCUT2D eigenvalue weighted by atomic mass is 9.96. The third-order valence-electron chi connectivity index (χ3n) is 6.90. The maximum Gasteiger partial charge on any atom is 0.153 e. The van der Waals surface area contributed by atoms with Gasteiger partial charge >= 0.3 is 0 Å². The van der Waals surface area contributed by atoms with Crippen molar-refractivity contribution < 1.29 is 4.42 Å². The molecule has 3 aromatic heterocycles. The topological polar surface area (TPSA) is 31.0 Å². The van der Waals surface area contributed by atoms with Gasteiger partial charge in [-0.1, -0.05) is 42.5 Å². The molecule has 0 amide bonds. The summed E-state index contributed by atoms with van der Waals surface area (Å²) in [6.45, 7) is 4.40. The number of rotatable bonds is 2. The fourth-order valence-electron chi connectivity index (χ4n) is 5.30. The summed E-state index contributed by atoms with van der Waals surface area (Å²) < 4.78 is 8.38. The summed E-state index contributed by atoms with van der Waals surface area (Å²) in [6.07, 6.45) is 1.82. The van der Waals surface area contributed by atoms with E-state index in [2.05, 4.69) is 102 Å². The predicted octanol–water partition coefficient (Wildman–Crippen LogP) is 8.36. The average Bonchev–Trinajstić information content (AvgIpc) is 3.41. The van der Waals surface area contributed by atoms with Gasteiger partial charge in [0.1, 0.15) is 11.1 Å². The van der Waals surface area contributed by atoms with Crippen molar-refractivity contribution in [3.8, 4) is 16.8 Å². The third-order valence-corrected chi connectivity index (χ3v) is 6.90. The molecule has 3 nitrogen and oxygen atoms in total. The molecule has 34 heavy (non-hydrogen) atoms. The first-order valence-electron chi connectivity index (χ1n) is 11.6. The van der Waals surface area contributed by atoms with Crippen LogP contribution >= 0.6 is 0 Å². The summed E-state index contributed by atoms with van der Waals surface area (Å²) in [5, 5.41) is 3.62. The second kappa shape index (κ2) is 7.06. The van der Waals surface area contributed by atoms with Crippen molar-refractivity contribution in [1.29, 1.82) is 0 Å². The zero-order valence-electron chi connectivity index (χ0n) is 19.0. The van der Waals surface area contributed by atoms with Crippen molar-refractivity contribution in [1.82, 2.24) is 9.55 Å². The van der Waals surface area contributed by atoms with Crippen molar-refractivity contribution >= 4 is 43.9 Å². The van der Waals surface area contributed by atoms with Gasteiger partial charge < -0.3 is 8.98 Å². The molecule has 0 aliphatic rings. The van der Waals surface area contributed by atoms with Gasteiger partial charge in [0.15, 0.2) is 5.58 Å².